The Morgan fingerprint density at radius 2 is 2.00 bits per heavy atom. The Balaban J connectivity index is 1.66. The van der Waals surface area contributed by atoms with Crippen LogP contribution < -0.4 is 14.4 Å². The van der Waals surface area contributed by atoms with Gasteiger partial charge in [0, 0.05) is 0 Å². The van der Waals surface area contributed by atoms with Crippen LogP contribution in [0.25, 0.3) is 6.08 Å². The Bertz CT molecular complexity index is 897. The van der Waals surface area contributed by atoms with E-state index in [1.54, 1.807) is 30.3 Å². The summed E-state index contributed by atoms with van der Waals surface area (Å²) in [6, 6.07) is 11.2. The maximum atomic E-state index is 13.4. The van der Waals surface area contributed by atoms with Crippen LogP contribution in [0.4, 0.5) is 10.1 Å². The molecule has 7 heteroatoms. The van der Waals surface area contributed by atoms with Gasteiger partial charge in [-0.05, 0) is 42.0 Å². The molecule has 0 N–H and O–H groups in total. The molecule has 120 valence electrons. The van der Waals surface area contributed by atoms with Crippen molar-refractivity contribution < 1.29 is 18.7 Å². The predicted molar refractivity (Wildman–Crippen MR) is 94.6 cm³/mol. The van der Waals surface area contributed by atoms with Gasteiger partial charge in [-0.1, -0.05) is 36.1 Å². The van der Waals surface area contributed by atoms with Gasteiger partial charge >= 0.3 is 0 Å². The van der Waals surface area contributed by atoms with Crippen molar-refractivity contribution in [1.29, 1.82) is 0 Å². The Morgan fingerprint density at radius 1 is 1.17 bits per heavy atom. The topological polar surface area (TPSA) is 38.8 Å². The van der Waals surface area contributed by atoms with Crippen molar-refractivity contribution >= 4 is 46.0 Å². The van der Waals surface area contributed by atoms with Gasteiger partial charge in [-0.15, -0.1) is 0 Å². The van der Waals surface area contributed by atoms with Crippen molar-refractivity contribution in [2.24, 2.45) is 0 Å². The van der Waals surface area contributed by atoms with E-state index < -0.39 is 5.82 Å². The minimum absolute atomic E-state index is 0.195. The van der Waals surface area contributed by atoms with Gasteiger partial charge in [-0.3, -0.25) is 9.69 Å². The Morgan fingerprint density at radius 3 is 2.83 bits per heavy atom. The summed E-state index contributed by atoms with van der Waals surface area (Å²) in [4.78, 5) is 14.4. The van der Waals surface area contributed by atoms with E-state index in [0.717, 1.165) is 5.56 Å². The number of carbonyl (C=O) groups is 1. The smallest absolute Gasteiger partial charge is 0.270 e. The van der Waals surface area contributed by atoms with Gasteiger partial charge in [-0.2, -0.15) is 0 Å². The van der Waals surface area contributed by atoms with Gasteiger partial charge in [0.25, 0.3) is 5.91 Å². The molecule has 2 heterocycles. The summed E-state index contributed by atoms with van der Waals surface area (Å²) >= 11 is 6.46. The molecule has 2 aliphatic rings. The number of nitrogens with zero attached hydrogens (tertiary/aromatic N) is 1. The van der Waals surface area contributed by atoms with Crippen LogP contribution in [0, 0.1) is 5.82 Å². The van der Waals surface area contributed by atoms with Crippen molar-refractivity contribution in [2.45, 2.75) is 0 Å². The lowest BCUT2D eigenvalue weighted by molar-refractivity contribution is -0.113. The number of rotatable bonds is 2. The fourth-order valence-electron chi connectivity index (χ4n) is 2.46. The number of halogens is 1. The van der Waals surface area contributed by atoms with E-state index in [9.17, 15) is 9.18 Å². The molecule has 1 amide bonds. The van der Waals surface area contributed by atoms with E-state index in [2.05, 4.69) is 0 Å². The third kappa shape index (κ3) is 2.65. The van der Waals surface area contributed by atoms with Gasteiger partial charge in [0.15, 0.2) is 15.8 Å². The number of carbonyl (C=O) groups excluding carboxylic acids is 1. The maximum absolute atomic E-state index is 13.4. The zero-order valence-electron chi connectivity index (χ0n) is 12.2. The van der Waals surface area contributed by atoms with Crippen LogP contribution in [0.3, 0.4) is 0 Å². The molecule has 0 unspecified atom stereocenters. The number of thioether (sulfide) groups is 1. The van der Waals surface area contributed by atoms with Crippen LogP contribution >= 0.6 is 24.0 Å². The Labute approximate surface area is 146 Å². The van der Waals surface area contributed by atoms with Crippen molar-refractivity contribution in [3.8, 4) is 11.5 Å². The van der Waals surface area contributed by atoms with Crippen LogP contribution in [0.1, 0.15) is 5.56 Å². The molecule has 0 bridgehead atoms. The maximum Gasteiger partial charge on any atom is 0.270 e. The highest BCUT2D eigenvalue weighted by Crippen LogP contribution is 2.38. The molecule has 0 aliphatic carbocycles. The molecule has 2 aliphatic heterocycles. The van der Waals surface area contributed by atoms with Crippen molar-refractivity contribution in [3.63, 3.8) is 0 Å². The number of ether oxygens (including phenoxy) is 2. The summed E-state index contributed by atoms with van der Waals surface area (Å²) in [5.74, 6) is 0.637. The van der Waals surface area contributed by atoms with Gasteiger partial charge < -0.3 is 9.47 Å². The first kappa shape index (κ1) is 15.2. The monoisotopic (exact) mass is 359 g/mol. The van der Waals surface area contributed by atoms with Crippen molar-refractivity contribution in [3.05, 3.63) is 58.8 Å². The van der Waals surface area contributed by atoms with Crippen LogP contribution in [0.5, 0.6) is 11.5 Å². The van der Waals surface area contributed by atoms with E-state index in [-0.39, 0.29) is 12.7 Å². The van der Waals surface area contributed by atoms with Gasteiger partial charge in [-0.25, -0.2) is 4.39 Å². The fraction of sp³-hybridized carbons (Fsp3) is 0.0588. The third-order valence-electron chi connectivity index (χ3n) is 3.55. The summed E-state index contributed by atoms with van der Waals surface area (Å²) in [5.41, 5.74) is 1.23. The van der Waals surface area contributed by atoms with E-state index >= 15 is 0 Å². The number of fused-ring (bicyclic) bond motifs is 1. The van der Waals surface area contributed by atoms with Crippen molar-refractivity contribution in [1.82, 2.24) is 0 Å². The quantitative estimate of drug-likeness (QED) is 0.599. The molecular formula is C17H10FNO3S2. The van der Waals surface area contributed by atoms with Crippen LogP contribution in [-0.2, 0) is 4.79 Å². The molecule has 0 atom stereocenters. The molecule has 24 heavy (non-hydrogen) atoms. The lowest BCUT2D eigenvalue weighted by Crippen LogP contribution is -2.27. The molecule has 1 saturated heterocycles. The first-order chi connectivity index (χ1) is 11.6. The molecule has 2 aromatic carbocycles. The zero-order valence-corrected chi connectivity index (χ0v) is 13.8. The zero-order chi connectivity index (χ0) is 16.7. The lowest BCUT2D eigenvalue weighted by atomic mass is 10.2. The molecule has 4 rings (SSSR count). The highest BCUT2D eigenvalue weighted by atomic mass is 32.2. The second kappa shape index (κ2) is 5.92. The van der Waals surface area contributed by atoms with Crippen LogP contribution in [0.15, 0.2) is 47.4 Å². The number of thiocarbonyl (C=S) groups is 1. The number of hydrogen-bond acceptors (Lipinski definition) is 5. The van der Waals surface area contributed by atoms with E-state index in [1.807, 2.05) is 6.07 Å². The lowest BCUT2D eigenvalue weighted by Gasteiger charge is -2.14. The van der Waals surface area contributed by atoms with E-state index in [4.69, 9.17) is 21.7 Å². The number of hydrogen-bond donors (Lipinski definition) is 0. The summed E-state index contributed by atoms with van der Waals surface area (Å²) in [7, 11) is 0. The number of amides is 1. The fourth-order valence-corrected chi connectivity index (χ4v) is 3.76. The predicted octanol–water partition coefficient (Wildman–Crippen LogP) is 3.96. The molecule has 0 radical (unpaired) electrons. The normalized spacial score (nSPS) is 17.9. The second-order valence-corrected chi connectivity index (χ2v) is 6.79. The van der Waals surface area contributed by atoms with E-state index in [0.29, 0.717) is 26.4 Å². The second-order valence-electron chi connectivity index (χ2n) is 5.11. The summed E-state index contributed by atoms with van der Waals surface area (Å²) in [5, 5.41) is 0. The highest BCUT2D eigenvalue weighted by Gasteiger charge is 2.33. The third-order valence-corrected chi connectivity index (χ3v) is 4.86. The van der Waals surface area contributed by atoms with Crippen LogP contribution in [0.2, 0.25) is 0 Å². The number of anilines is 1. The SMILES string of the molecule is O=C1C(=Cc2ccc3c(c2)OCO3)SC(=S)N1c1cccc(F)c1. The summed E-state index contributed by atoms with van der Waals surface area (Å²) in [6.45, 7) is 0.195. The standard InChI is InChI=1S/C17H10FNO3S2/c18-11-2-1-3-12(8-11)19-16(20)15(24-17(19)23)7-10-4-5-13-14(6-10)22-9-21-13/h1-8H,9H2. The van der Waals surface area contributed by atoms with Gasteiger partial charge in [0.05, 0.1) is 10.6 Å². The molecule has 0 aromatic heterocycles. The number of benzene rings is 2. The molecule has 4 nitrogen and oxygen atoms in total. The molecule has 1 fully saturated rings. The molecule has 0 spiro atoms. The summed E-state index contributed by atoms with van der Waals surface area (Å²) in [6.07, 6.45) is 1.74. The first-order valence-electron chi connectivity index (χ1n) is 7.05. The largest absolute Gasteiger partial charge is 0.454 e. The van der Waals surface area contributed by atoms with Crippen LogP contribution in [-0.4, -0.2) is 17.0 Å². The first-order valence-corrected chi connectivity index (χ1v) is 8.27. The Kier molecular flexibility index (Phi) is 3.74. The average molecular weight is 359 g/mol. The average Bonchev–Trinajstić information content (AvgIpc) is 3.12. The van der Waals surface area contributed by atoms with Crippen molar-refractivity contribution in [2.75, 3.05) is 11.7 Å². The van der Waals surface area contributed by atoms with E-state index in [1.165, 1.54) is 28.8 Å². The minimum Gasteiger partial charge on any atom is -0.454 e. The van der Waals surface area contributed by atoms with Gasteiger partial charge in [0.1, 0.15) is 5.82 Å². The minimum atomic E-state index is -0.415. The summed E-state index contributed by atoms with van der Waals surface area (Å²) < 4.78 is 24.4. The molecular weight excluding hydrogens is 349 g/mol. The van der Waals surface area contributed by atoms with Gasteiger partial charge in [0.2, 0.25) is 6.79 Å². The highest BCUT2D eigenvalue weighted by molar-refractivity contribution is 8.27. The Hall–Kier alpha value is -2.38. The molecule has 2 aromatic rings. The molecule has 0 saturated carbocycles.